The first-order chi connectivity index (χ1) is 23.2. The summed E-state index contributed by atoms with van der Waals surface area (Å²) in [6.45, 7) is 1.80. The largest absolute Gasteiger partial charge is 0.344 e. The minimum Gasteiger partial charge on any atom is -0.344 e. The Hall–Kier alpha value is -5.78. The first-order valence-electron chi connectivity index (χ1n) is 15.4. The van der Waals surface area contributed by atoms with Gasteiger partial charge in [-0.15, -0.1) is 5.10 Å². The molecule has 3 N–H and O–H groups in total. The molecule has 48 heavy (non-hydrogen) atoms. The Bertz CT molecular complexity index is 2520. The van der Waals surface area contributed by atoms with Gasteiger partial charge in [-0.25, -0.2) is 9.50 Å². The number of fused-ring (bicyclic) bond motifs is 1. The predicted octanol–water partition coefficient (Wildman–Crippen LogP) is 2.97. The average molecular weight is 660 g/mol. The summed E-state index contributed by atoms with van der Waals surface area (Å²) >= 11 is 0. The molecule has 1 fully saturated rings. The number of carbonyl (C=O) groups is 1. The molecule has 0 saturated heterocycles. The third kappa shape index (κ3) is 5.19. The molecule has 1 atom stereocenters. The Morgan fingerprint density at radius 1 is 1.06 bits per heavy atom. The highest BCUT2D eigenvalue weighted by Gasteiger charge is 2.33. The van der Waals surface area contributed by atoms with Crippen LogP contribution in [0, 0.1) is 11.8 Å². The highest BCUT2D eigenvalue weighted by atomic mass is 32.2. The van der Waals surface area contributed by atoms with E-state index >= 15 is 0 Å². The Morgan fingerprint density at radius 2 is 1.88 bits per heavy atom. The molecule has 1 saturated carbocycles. The number of para-hydroxylation sites is 1. The Morgan fingerprint density at radius 3 is 2.62 bits per heavy atom. The van der Waals surface area contributed by atoms with Gasteiger partial charge in [0.1, 0.15) is 5.56 Å². The third-order valence-electron chi connectivity index (χ3n) is 8.50. The number of amides is 1. The van der Waals surface area contributed by atoms with Crippen molar-refractivity contribution in [1.82, 2.24) is 39.0 Å². The van der Waals surface area contributed by atoms with Gasteiger partial charge in [-0.3, -0.25) is 23.6 Å². The number of carbonyl (C=O) groups excluding carboxylic acids is 1. The van der Waals surface area contributed by atoms with E-state index in [1.165, 1.54) is 10.7 Å². The van der Waals surface area contributed by atoms with Crippen LogP contribution in [0.3, 0.4) is 0 Å². The first kappa shape index (κ1) is 29.6. The SMILES string of the molecule is C[C@H](NC(=O)c1c(NS(=O)(=O)NC2CC2)nn2cccnc12)c1c2c3c(ccc(C#Cc4cnn(C)c4)c3c(=O)n1-c1ccccc1)C2. The predicted molar refractivity (Wildman–Crippen MR) is 179 cm³/mol. The zero-order valence-electron chi connectivity index (χ0n) is 25.9. The molecule has 14 heteroatoms. The normalized spacial score (nSPS) is 14.3. The molecule has 0 aliphatic heterocycles. The first-order valence-corrected chi connectivity index (χ1v) is 16.9. The van der Waals surface area contributed by atoms with Crippen molar-refractivity contribution >= 4 is 38.4 Å². The fourth-order valence-electron chi connectivity index (χ4n) is 6.21. The zero-order valence-corrected chi connectivity index (χ0v) is 26.7. The highest BCUT2D eigenvalue weighted by molar-refractivity contribution is 7.90. The maximum atomic E-state index is 14.5. The lowest BCUT2D eigenvalue weighted by atomic mass is 9.81. The van der Waals surface area contributed by atoms with E-state index in [0.717, 1.165) is 34.9 Å². The summed E-state index contributed by atoms with van der Waals surface area (Å²) < 4.78 is 35.3. The Kier molecular flexibility index (Phi) is 6.90. The van der Waals surface area contributed by atoms with Crippen LogP contribution >= 0.6 is 0 Å². The lowest BCUT2D eigenvalue weighted by Crippen LogP contribution is -2.36. The second kappa shape index (κ2) is 11.2. The van der Waals surface area contributed by atoms with Crippen LogP contribution in [0.15, 0.2) is 78.1 Å². The van der Waals surface area contributed by atoms with E-state index in [-0.39, 0.29) is 28.6 Å². The summed E-state index contributed by atoms with van der Waals surface area (Å²) in [5, 5.41) is 12.9. The van der Waals surface area contributed by atoms with Crippen LogP contribution in [0.1, 0.15) is 64.1 Å². The summed E-state index contributed by atoms with van der Waals surface area (Å²) in [5.74, 6) is 5.55. The summed E-state index contributed by atoms with van der Waals surface area (Å²) in [4.78, 5) is 32.9. The van der Waals surface area contributed by atoms with Gasteiger partial charge in [-0.2, -0.15) is 18.2 Å². The summed E-state index contributed by atoms with van der Waals surface area (Å²) in [6, 6.07) is 13.9. The monoisotopic (exact) mass is 659 g/mol. The van der Waals surface area contributed by atoms with Gasteiger partial charge in [0.05, 0.1) is 28.9 Å². The van der Waals surface area contributed by atoms with E-state index in [1.807, 2.05) is 55.7 Å². The molecule has 13 nitrogen and oxygen atoms in total. The van der Waals surface area contributed by atoms with Crippen molar-refractivity contribution in [3.05, 3.63) is 117 Å². The van der Waals surface area contributed by atoms with E-state index in [2.05, 4.69) is 41.8 Å². The molecule has 4 aromatic heterocycles. The zero-order chi connectivity index (χ0) is 33.2. The second-order valence-corrected chi connectivity index (χ2v) is 13.4. The van der Waals surface area contributed by atoms with Gasteiger partial charge in [0.2, 0.25) is 0 Å². The van der Waals surface area contributed by atoms with Crippen molar-refractivity contribution in [3.63, 3.8) is 0 Å². The summed E-state index contributed by atoms with van der Waals surface area (Å²) in [7, 11) is -2.18. The number of anilines is 1. The lowest BCUT2D eigenvalue weighted by Gasteiger charge is -2.30. The molecule has 2 aliphatic rings. The van der Waals surface area contributed by atoms with Crippen molar-refractivity contribution in [2.75, 3.05) is 4.72 Å². The van der Waals surface area contributed by atoms with Gasteiger partial charge in [-0.1, -0.05) is 36.1 Å². The molecule has 2 aromatic carbocycles. The minimum atomic E-state index is -4.00. The molecule has 0 unspecified atom stereocenters. The van der Waals surface area contributed by atoms with Gasteiger partial charge in [0, 0.05) is 49.4 Å². The molecule has 240 valence electrons. The van der Waals surface area contributed by atoms with Crippen molar-refractivity contribution in [2.45, 2.75) is 38.3 Å². The van der Waals surface area contributed by atoms with Gasteiger partial charge >= 0.3 is 10.2 Å². The second-order valence-electron chi connectivity index (χ2n) is 12.0. The number of hydrogen-bond donors (Lipinski definition) is 3. The summed E-state index contributed by atoms with van der Waals surface area (Å²) in [6.07, 6.45) is 8.65. The Balaban J connectivity index is 1.23. The minimum absolute atomic E-state index is 0.0368. The summed E-state index contributed by atoms with van der Waals surface area (Å²) in [5.41, 5.74) is 4.43. The van der Waals surface area contributed by atoms with Crippen LogP contribution in [0.5, 0.6) is 0 Å². The van der Waals surface area contributed by atoms with Crippen molar-refractivity contribution in [1.29, 1.82) is 0 Å². The van der Waals surface area contributed by atoms with E-state index in [4.69, 9.17) is 0 Å². The van der Waals surface area contributed by atoms with Crippen molar-refractivity contribution < 1.29 is 13.2 Å². The molecule has 8 rings (SSSR count). The standard InChI is InChI=1S/C34H29N9O4S/c1-20(37-33(44)29-31(38-42-16-6-15-35-32(29)42)40-48(46,47)39-24-13-14-24)30-26-17-23-12-11-22(10-9-21-18-36-41(2)19-21)28(27(23)26)34(45)43(30)25-7-4-3-5-8-25/h3-8,11-12,15-16,18-20,24,39H,13-14,17H2,1-2H3,(H,37,44)(H,38,40)/t20-/m0/s1. The maximum Gasteiger partial charge on any atom is 0.300 e. The van der Waals surface area contributed by atoms with E-state index in [9.17, 15) is 18.0 Å². The van der Waals surface area contributed by atoms with Gasteiger partial charge in [-0.05, 0) is 60.5 Å². The fraction of sp³-hybridized carbons (Fsp3) is 0.206. The van der Waals surface area contributed by atoms with Gasteiger partial charge < -0.3 is 5.32 Å². The van der Waals surface area contributed by atoms with Crippen molar-refractivity contribution in [2.24, 2.45) is 7.05 Å². The van der Waals surface area contributed by atoms with Crippen molar-refractivity contribution in [3.8, 4) is 17.5 Å². The molecular formula is C34H29N9O4S. The number of rotatable bonds is 8. The molecule has 4 heterocycles. The van der Waals surface area contributed by atoms with Crippen LogP contribution in [-0.2, 0) is 23.7 Å². The lowest BCUT2D eigenvalue weighted by molar-refractivity contribution is 0.0941. The molecular weight excluding hydrogens is 631 g/mol. The van der Waals surface area contributed by atoms with Crippen LogP contribution in [0.25, 0.3) is 22.1 Å². The van der Waals surface area contributed by atoms with Crippen LogP contribution in [-0.4, -0.2) is 49.3 Å². The van der Waals surface area contributed by atoms with E-state index in [1.54, 1.807) is 34.6 Å². The quantitative estimate of drug-likeness (QED) is 0.212. The smallest absolute Gasteiger partial charge is 0.300 e. The van der Waals surface area contributed by atoms with E-state index in [0.29, 0.717) is 28.8 Å². The Labute approximate surface area is 274 Å². The number of aryl methyl sites for hydroxylation is 1. The van der Waals surface area contributed by atoms with Crippen LogP contribution in [0.4, 0.5) is 5.82 Å². The number of nitrogens with zero attached hydrogens (tertiary/aromatic N) is 6. The molecule has 1 amide bonds. The third-order valence-corrected chi connectivity index (χ3v) is 9.60. The van der Waals surface area contributed by atoms with Gasteiger partial charge in [0.25, 0.3) is 11.5 Å². The fourth-order valence-corrected chi connectivity index (χ4v) is 7.34. The number of pyridine rings is 1. The topological polar surface area (TPSA) is 157 Å². The molecule has 2 aliphatic carbocycles. The maximum absolute atomic E-state index is 14.5. The number of nitrogens with one attached hydrogen (secondary N) is 3. The number of hydrogen-bond acceptors (Lipinski definition) is 7. The average Bonchev–Trinajstić information content (AvgIpc) is 3.63. The van der Waals surface area contributed by atoms with Gasteiger partial charge in [0.15, 0.2) is 11.5 Å². The molecule has 0 bridgehead atoms. The van der Waals surface area contributed by atoms with Crippen LogP contribution in [0.2, 0.25) is 0 Å². The molecule has 0 radical (unpaired) electrons. The van der Waals surface area contributed by atoms with Crippen LogP contribution < -0.4 is 20.3 Å². The number of benzene rings is 2. The van der Waals surface area contributed by atoms with E-state index < -0.39 is 22.2 Å². The molecule has 6 aromatic rings. The highest BCUT2D eigenvalue weighted by Crippen LogP contribution is 2.39. The molecule has 0 spiro atoms. The number of aromatic nitrogens is 6.